The number of anilines is 1. The molecule has 0 N–H and O–H groups in total. The molecule has 0 aliphatic carbocycles. The average Bonchev–Trinajstić information content (AvgIpc) is 2.39. The number of hydrogen-bond donors (Lipinski definition) is 0. The minimum atomic E-state index is 0.723. The molecule has 0 bridgehead atoms. The third-order valence-corrected chi connectivity index (χ3v) is 3.63. The van der Waals surface area contributed by atoms with Crippen molar-refractivity contribution in [3.63, 3.8) is 0 Å². The van der Waals surface area contributed by atoms with E-state index in [-0.39, 0.29) is 0 Å². The van der Waals surface area contributed by atoms with Gasteiger partial charge in [0.25, 0.3) is 0 Å². The van der Waals surface area contributed by atoms with Crippen LogP contribution in [0.4, 0.5) is 5.69 Å². The van der Waals surface area contributed by atoms with Crippen molar-refractivity contribution < 1.29 is 4.79 Å². The van der Waals surface area contributed by atoms with E-state index in [0.717, 1.165) is 22.4 Å². The second-order valence-electron chi connectivity index (χ2n) is 4.12. The smallest absolute Gasteiger partial charge is 0.152 e. The Balaban J connectivity index is 2.41. The van der Waals surface area contributed by atoms with Crippen LogP contribution in [0.15, 0.2) is 58.3 Å². The zero-order chi connectivity index (χ0) is 13.0. The molecule has 2 aromatic carbocycles. The minimum absolute atomic E-state index is 0.723. The van der Waals surface area contributed by atoms with E-state index in [1.165, 1.54) is 4.90 Å². The SMILES string of the molecule is CN(C)c1c(C=O)cccc1Sc1ccccc1. The van der Waals surface area contributed by atoms with E-state index in [2.05, 4.69) is 12.1 Å². The molecular weight excluding hydrogens is 242 g/mol. The highest BCUT2D eigenvalue weighted by atomic mass is 32.2. The first-order chi connectivity index (χ1) is 8.72. The van der Waals surface area contributed by atoms with Gasteiger partial charge >= 0.3 is 0 Å². The largest absolute Gasteiger partial charge is 0.376 e. The highest BCUT2D eigenvalue weighted by Gasteiger charge is 2.10. The predicted octanol–water partition coefficient (Wildman–Crippen LogP) is 3.72. The topological polar surface area (TPSA) is 20.3 Å². The average molecular weight is 257 g/mol. The van der Waals surface area contributed by atoms with Crippen LogP contribution in [-0.4, -0.2) is 20.4 Å². The highest BCUT2D eigenvalue weighted by molar-refractivity contribution is 7.99. The lowest BCUT2D eigenvalue weighted by Gasteiger charge is -2.19. The molecule has 0 spiro atoms. The van der Waals surface area contributed by atoms with Crippen molar-refractivity contribution >= 4 is 23.7 Å². The van der Waals surface area contributed by atoms with E-state index in [4.69, 9.17) is 0 Å². The fourth-order valence-corrected chi connectivity index (χ4v) is 2.90. The molecule has 92 valence electrons. The van der Waals surface area contributed by atoms with Crippen LogP contribution in [0.25, 0.3) is 0 Å². The standard InChI is InChI=1S/C15H15NOS/c1-16(2)15-12(11-17)7-6-10-14(15)18-13-8-4-3-5-9-13/h3-11H,1-2H3. The monoisotopic (exact) mass is 257 g/mol. The molecule has 2 aromatic rings. The molecule has 2 nitrogen and oxygen atoms in total. The van der Waals surface area contributed by atoms with Gasteiger partial charge in [-0.1, -0.05) is 36.0 Å². The summed E-state index contributed by atoms with van der Waals surface area (Å²) in [6.45, 7) is 0. The zero-order valence-electron chi connectivity index (χ0n) is 10.5. The molecule has 0 aliphatic rings. The van der Waals surface area contributed by atoms with Crippen LogP contribution < -0.4 is 4.90 Å². The molecule has 3 heteroatoms. The Bertz CT molecular complexity index is 537. The minimum Gasteiger partial charge on any atom is -0.376 e. The molecule has 0 heterocycles. The fourth-order valence-electron chi connectivity index (χ4n) is 1.81. The molecule has 0 fully saturated rings. The van der Waals surface area contributed by atoms with Crippen LogP contribution in [0, 0.1) is 0 Å². The molecule has 0 saturated carbocycles. The summed E-state index contributed by atoms with van der Waals surface area (Å²) in [7, 11) is 3.91. The van der Waals surface area contributed by atoms with Crippen molar-refractivity contribution in [1.29, 1.82) is 0 Å². The van der Waals surface area contributed by atoms with Gasteiger partial charge in [-0.15, -0.1) is 0 Å². The van der Waals surface area contributed by atoms with Crippen LogP contribution in [0.3, 0.4) is 0 Å². The number of carbonyl (C=O) groups excluding carboxylic acids is 1. The number of hydrogen-bond acceptors (Lipinski definition) is 3. The van der Waals surface area contributed by atoms with Crippen molar-refractivity contribution in [2.75, 3.05) is 19.0 Å². The van der Waals surface area contributed by atoms with Crippen LogP contribution in [-0.2, 0) is 0 Å². The molecule has 0 unspecified atom stereocenters. The quantitative estimate of drug-likeness (QED) is 0.779. The second kappa shape index (κ2) is 5.74. The third kappa shape index (κ3) is 2.74. The highest BCUT2D eigenvalue weighted by Crippen LogP contribution is 2.36. The van der Waals surface area contributed by atoms with Gasteiger partial charge in [-0.25, -0.2) is 0 Å². The predicted molar refractivity (Wildman–Crippen MR) is 76.7 cm³/mol. The molecule has 0 radical (unpaired) electrons. The fraction of sp³-hybridized carbons (Fsp3) is 0.133. The van der Waals surface area contributed by atoms with Crippen LogP contribution in [0.2, 0.25) is 0 Å². The maximum absolute atomic E-state index is 11.1. The normalized spacial score (nSPS) is 10.1. The first-order valence-electron chi connectivity index (χ1n) is 5.71. The second-order valence-corrected chi connectivity index (χ2v) is 5.24. The molecular formula is C15H15NOS. The molecule has 0 aliphatic heterocycles. The Hall–Kier alpha value is -1.74. The lowest BCUT2D eigenvalue weighted by atomic mass is 10.2. The van der Waals surface area contributed by atoms with Crippen molar-refractivity contribution in [3.05, 3.63) is 54.1 Å². The molecule has 2 rings (SSSR count). The number of nitrogens with zero attached hydrogens (tertiary/aromatic N) is 1. The lowest BCUT2D eigenvalue weighted by Crippen LogP contribution is -2.12. The van der Waals surface area contributed by atoms with Crippen molar-refractivity contribution in [2.24, 2.45) is 0 Å². The van der Waals surface area contributed by atoms with Gasteiger partial charge in [0.05, 0.1) is 5.69 Å². The Kier molecular flexibility index (Phi) is 4.05. The molecule has 0 aromatic heterocycles. The van der Waals surface area contributed by atoms with Gasteiger partial charge < -0.3 is 4.90 Å². The van der Waals surface area contributed by atoms with Gasteiger partial charge in [-0.2, -0.15) is 0 Å². The Morgan fingerprint density at radius 2 is 1.72 bits per heavy atom. The number of para-hydroxylation sites is 1. The number of aldehydes is 1. The van der Waals surface area contributed by atoms with Crippen molar-refractivity contribution in [2.45, 2.75) is 9.79 Å². The Morgan fingerprint density at radius 1 is 1.00 bits per heavy atom. The van der Waals surface area contributed by atoms with E-state index in [9.17, 15) is 4.79 Å². The number of benzene rings is 2. The van der Waals surface area contributed by atoms with Gasteiger partial charge in [0, 0.05) is 29.4 Å². The summed E-state index contributed by atoms with van der Waals surface area (Å²) in [5.74, 6) is 0. The van der Waals surface area contributed by atoms with Gasteiger partial charge in [-0.3, -0.25) is 4.79 Å². The van der Waals surface area contributed by atoms with E-state index < -0.39 is 0 Å². The number of rotatable bonds is 4. The maximum atomic E-state index is 11.1. The van der Waals surface area contributed by atoms with E-state index >= 15 is 0 Å². The first-order valence-corrected chi connectivity index (χ1v) is 6.52. The van der Waals surface area contributed by atoms with Gasteiger partial charge in [-0.05, 0) is 24.3 Å². The summed E-state index contributed by atoms with van der Waals surface area (Å²) < 4.78 is 0. The summed E-state index contributed by atoms with van der Waals surface area (Å²) in [6.07, 6.45) is 0.907. The van der Waals surface area contributed by atoms with Crippen molar-refractivity contribution in [3.8, 4) is 0 Å². The van der Waals surface area contributed by atoms with E-state index in [0.29, 0.717) is 0 Å². The zero-order valence-corrected chi connectivity index (χ0v) is 11.3. The van der Waals surface area contributed by atoms with E-state index in [1.807, 2.05) is 55.4 Å². The summed E-state index contributed by atoms with van der Waals surface area (Å²) in [5, 5.41) is 0. The van der Waals surface area contributed by atoms with Crippen LogP contribution in [0.1, 0.15) is 10.4 Å². The summed E-state index contributed by atoms with van der Waals surface area (Å²) in [4.78, 5) is 15.3. The first kappa shape index (κ1) is 12.7. The molecule has 0 saturated heterocycles. The summed E-state index contributed by atoms with van der Waals surface area (Å²) in [5.41, 5.74) is 1.70. The van der Waals surface area contributed by atoms with Gasteiger partial charge in [0.2, 0.25) is 0 Å². The van der Waals surface area contributed by atoms with Crippen molar-refractivity contribution in [1.82, 2.24) is 0 Å². The molecule has 0 atom stereocenters. The molecule has 18 heavy (non-hydrogen) atoms. The number of carbonyl (C=O) groups is 1. The maximum Gasteiger partial charge on any atom is 0.152 e. The lowest BCUT2D eigenvalue weighted by molar-refractivity contribution is 0.112. The molecule has 0 amide bonds. The summed E-state index contributed by atoms with van der Waals surface area (Å²) >= 11 is 1.67. The third-order valence-electron chi connectivity index (χ3n) is 2.58. The Morgan fingerprint density at radius 3 is 2.33 bits per heavy atom. The van der Waals surface area contributed by atoms with E-state index in [1.54, 1.807) is 11.8 Å². The van der Waals surface area contributed by atoms with Crippen LogP contribution in [0.5, 0.6) is 0 Å². The Labute approximate surface area is 112 Å². The summed E-state index contributed by atoms with van der Waals surface area (Å²) in [6, 6.07) is 16.0. The van der Waals surface area contributed by atoms with Crippen LogP contribution >= 0.6 is 11.8 Å². The van der Waals surface area contributed by atoms with Gasteiger partial charge in [0.1, 0.15) is 0 Å². The van der Waals surface area contributed by atoms with Gasteiger partial charge in [0.15, 0.2) is 6.29 Å².